The van der Waals surface area contributed by atoms with E-state index in [9.17, 15) is 0 Å². The van der Waals surface area contributed by atoms with Crippen LogP contribution in [0, 0.1) is 5.92 Å². The second-order valence-corrected chi connectivity index (χ2v) is 4.86. The average Bonchev–Trinajstić information content (AvgIpc) is 2.19. The number of hydrogen-bond acceptors (Lipinski definition) is 3. The van der Waals surface area contributed by atoms with E-state index in [0.717, 1.165) is 19.5 Å². The summed E-state index contributed by atoms with van der Waals surface area (Å²) in [4.78, 5) is 2.46. The van der Waals surface area contributed by atoms with Crippen LogP contribution in [0.25, 0.3) is 0 Å². The molecule has 0 radical (unpaired) electrons. The van der Waals surface area contributed by atoms with Gasteiger partial charge in [0.15, 0.2) is 0 Å². The lowest BCUT2D eigenvalue weighted by molar-refractivity contribution is 0.0674. The molecule has 0 aliphatic rings. The van der Waals surface area contributed by atoms with Crippen LogP contribution in [0.5, 0.6) is 0 Å². The summed E-state index contributed by atoms with van der Waals surface area (Å²) in [6.45, 7) is 15.6. The highest BCUT2D eigenvalue weighted by atomic mass is 15.3. The van der Waals surface area contributed by atoms with E-state index < -0.39 is 0 Å². The zero-order valence-electron chi connectivity index (χ0n) is 11.3. The van der Waals surface area contributed by atoms with Crippen molar-refractivity contribution in [2.24, 2.45) is 11.8 Å². The van der Waals surface area contributed by atoms with Crippen LogP contribution in [0.3, 0.4) is 0 Å². The van der Waals surface area contributed by atoms with Crippen LogP contribution in [-0.2, 0) is 0 Å². The van der Waals surface area contributed by atoms with Gasteiger partial charge < -0.3 is 0 Å². The smallest absolute Gasteiger partial charge is 0.0414 e. The van der Waals surface area contributed by atoms with Crippen molar-refractivity contribution in [2.75, 3.05) is 13.1 Å². The predicted octanol–water partition coefficient (Wildman–Crippen LogP) is 1.98. The van der Waals surface area contributed by atoms with Gasteiger partial charge in [-0.05, 0) is 32.9 Å². The van der Waals surface area contributed by atoms with Crippen molar-refractivity contribution < 1.29 is 0 Å². The molecule has 0 heterocycles. The van der Waals surface area contributed by atoms with Crippen molar-refractivity contribution >= 4 is 0 Å². The fourth-order valence-electron chi connectivity index (χ4n) is 2.54. The summed E-state index contributed by atoms with van der Waals surface area (Å²) < 4.78 is 0. The van der Waals surface area contributed by atoms with Gasteiger partial charge in [0, 0.05) is 11.6 Å². The number of hydrazine groups is 1. The largest absolute Gasteiger partial charge is 0.297 e. The predicted molar refractivity (Wildman–Crippen MR) is 67.6 cm³/mol. The lowest BCUT2D eigenvalue weighted by Crippen LogP contribution is -2.61. The monoisotopic (exact) mass is 215 g/mol. The second-order valence-electron chi connectivity index (χ2n) is 4.86. The summed E-state index contributed by atoms with van der Waals surface area (Å²) >= 11 is 0. The minimum absolute atomic E-state index is 0.105. The van der Waals surface area contributed by atoms with E-state index in [1.807, 2.05) is 0 Å². The standard InChI is InChI=1S/C12H29N3/c1-7-10(4)11(14-13)12(5,6)15(8-2)9-3/h10-11,14H,7-9,13H2,1-6H3. The van der Waals surface area contributed by atoms with Gasteiger partial charge in [-0.25, -0.2) is 0 Å². The first-order chi connectivity index (χ1) is 6.95. The lowest BCUT2D eigenvalue weighted by atomic mass is 9.83. The molecule has 2 unspecified atom stereocenters. The summed E-state index contributed by atoms with van der Waals surface area (Å²) in [6.07, 6.45) is 1.15. The normalized spacial score (nSPS) is 16.8. The Hall–Kier alpha value is -0.120. The number of rotatable bonds is 7. The number of nitrogens with zero attached hydrogens (tertiary/aromatic N) is 1. The molecule has 0 aromatic heterocycles. The Balaban J connectivity index is 4.77. The van der Waals surface area contributed by atoms with Crippen LogP contribution in [0.2, 0.25) is 0 Å². The van der Waals surface area contributed by atoms with Crippen molar-refractivity contribution in [3.63, 3.8) is 0 Å². The fourth-order valence-corrected chi connectivity index (χ4v) is 2.54. The Bertz CT molecular complexity index is 164. The van der Waals surface area contributed by atoms with E-state index >= 15 is 0 Å². The molecule has 92 valence electrons. The van der Waals surface area contributed by atoms with E-state index in [0.29, 0.717) is 12.0 Å². The van der Waals surface area contributed by atoms with Crippen molar-refractivity contribution in [2.45, 2.75) is 59.5 Å². The second kappa shape index (κ2) is 6.46. The van der Waals surface area contributed by atoms with Crippen molar-refractivity contribution in [1.82, 2.24) is 10.3 Å². The summed E-state index contributed by atoms with van der Waals surface area (Å²) in [5, 5.41) is 0. The first-order valence-corrected chi connectivity index (χ1v) is 6.16. The Morgan fingerprint density at radius 1 is 1.20 bits per heavy atom. The first-order valence-electron chi connectivity index (χ1n) is 6.16. The molecule has 0 fully saturated rings. The van der Waals surface area contributed by atoms with Gasteiger partial charge in [-0.15, -0.1) is 0 Å². The van der Waals surface area contributed by atoms with Gasteiger partial charge in [0.2, 0.25) is 0 Å². The van der Waals surface area contributed by atoms with E-state index in [1.54, 1.807) is 0 Å². The zero-order chi connectivity index (χ0) is 12.1. The molecule has 0 aliphatic carbocycles. The molecule has 0 bridgehead atoms. The molecule has 0 spiro atoms. The van der Waals surface area contributed by atoms with Gasteiger partial charge in [0.25, 0.3) is 0 Å². The maximum absolute atomic E-state index is 5.71. The van der Waals surface area contributed by atoms with Crippen LogP contribution in [-0.4, -0.2) is 29.6 Å². The quantitative estimate of drug-likeness (QED) is 0.504. The van der Waals surface area contributed by atoms with Crippen LogP contribution in [0.15, 0.2) is 0 Å². The Labute approximate surface area is 95.4 Å². The molecule has 0 aromatic carbocycles. The molecular formula is C12H29N3. The third kappa shape index (κ3) is 3.44. The maximum atomic E-state index is 5.71. The summed E-state index contributed by atoms with van der Waals surface area (Å²) in [5.41, 5.74) is 3.11. The van der Waals surface area contributed by atoms with Crippen molar-refractivity contribution in [1.29, 1.82) is 0 Å². The van der Waals surface area contributed by atoms with E-state index in [4.69, 9.17) is 5.84 Å². The number of nitrogens with one attached hydrogen (secondary N) is 1. The molecule has 0 saturated carbocycles. The molecule has 0 saturated heterocycles. The van der Waals surface area contributed by atoms with Crippen LogP contribution < -0.4 is 11.3 Å². The molecule has 0 aromatic rings. The van der Waals surface area contributed by atoms with Gasteiger partial charge >= 0.3 is 0 Å². The summed E-state index contributed by atoms with van der Waals surface area (Å²) in [5.74, 6) is 6.29. The third-order valence-electron chi connectivity index (χ3n) is 3.73. The molecular weight excluding hydrogens is 186 g/mol. The summed E-state index contributed by atoms with van der Waals surface area (Å²) in [6, 6.07) is 0.336. The molecule has 2 atom stereocenters. The fraction of sp³-hybridized carbons (Fsp3) is 1.00. The van der Waals surface area contributed by atoms with Gasteiger partial charge in [0.1, 0.15) is 0 Å². The number of likely N-dealkylation sites (N-methyl/N-ethyl adjacent to an activating group) is 1. The average molecular weight is 215 g/mol. The number of nitrogens with two attached hydrogens (primary N) is 1. The lowest BCUT2D eigenvalue weighted by Gasteiger charge is -2.45. The topological polar surface area (TPSA) is 41.3 Å². The Morgan fingerprint density at radius 3 is 1.93 bits per heavy atom. The highest BCUT2D eigenvalue weighted by Gasteiger charge is 2.35. The molecule has 15 heavy (non-hydrogen) atoms. The molecule has 3 nitrogen and oxygen atoms in total. The Morgan fingerprint density at radius 2 is 1.67 bits per heavy atom. The van der Waals surface area contributed by atoms with Crippen LogP contribution in [0.1, 0.15) is 48.0 Å². The van der Waals surface area contributed by atoms with E-state index in [2.05, 4.69) is 51.9 Å². The molecule has 0 aliphatic heterocycles. The minimum atomic E-state index is 0.105. The van der Waals surface area contributed by atoms with E-state index in [-0.39, 0.29) is 5.54 Å². The van der Waals surface area contributed by atoms with E-state index in [1.165, 1.54) is 0 Å². The van der Waals surface area contributed by atoms with Gasteiger partial charge in [-0.1, -0.05) is 34.1 Å². The zero-order valence-corrected chi connectivity index (χ0v) is 11.3. The van der Waals surface area contributed by atoms with Gasteiger partial charge in [-0.2, -0.15) is 0 Å². The molecule has 3 N–H and O–H groups in total. The SMILES string of the molecule is CCC(C)C(NN)C(C)(C)N(CC)CC. The van der Waals surface area contributed by atoms with Crippen molar-refractivity contribution in [3.8, 4) is 0 Å². The van der Waals surface area contributed by atoms with Gasteiger partial charge in [0.05, 0.1) is 0 Å². The maximum Gasteiger partial charge on any atom is 0.0414 e. The minimum Gasteiger partial charge on any atom is -0.297 e. The first kappa shape index (κ1) is 14.9. The number of hydrogen-bond donors (Lipinski definition) is 2. The molecule has 3 heteroatoms. The molecule has 0 rings (SSSR count). The van der Waals surface area contributed by atoms with Crippen LogP contribution in [0.4, 0.5) is 0 Å². The third-order valence-corrected chi connectivity index (χ3v) is 3.73. The Kier molecular flexibility index (Phi) is 6.41. The van der Waals surface area contributed by atoms with Crippen molar-refractivity contribution in [3.05, 3.63) is 0 Å². The van der Waals surface area contributed by atoms with Gasteiger partial charge in [-0.3, -0.25) is 16.2 Å². The molecule has 0 amide bonds. The highest BCUT2D eigenvalue weighted by Crippen LogP contribution is 2.25. The highest BCUT2D eigenvalue weighted by molar-refractivity contribution is 4.94. The van der Waals surface area contributed by atoms with Crippen LogP contribution >= 0.6 is 0 Å². The summed E-state index contributed by atoms with van der Waals surface area (Å²) in [7, 11) is 0.